The monoisotopic (exact) mass is 454 g/mol. The van der Waals surface area contributed by atoms with E-state index in [0.717, 1.165) is 10.4 Å². The Morgan fingerprint density at radius 3 is 2.75 bits per heavy atom. The lowest BCUT2D eigenvalue weighted by Crippen LogP contribution is -2.39. The van der Waals surface area contributed by atoms with E-state index >= 15 is 0 Å². The predicted molar refractivity (Wildman–Crippen MR) is 122 cm³/mol. The summed E-state index contributed by atoms with van der Waals surface area (Å²) in [7, 11) is 1.56. The quantitative estimate of drug-likeness (QED) is 0.392. The molecule has 0 radical (unpaired) electrons. The second kappa shape index (κ2) is 9.62. The van der Waals surface area contributed by atoms with Crippen molar-refractivity contribution < 1.29 is 9.26 Å². The number of ether oxygens (including phenoxy) is 1. The summed E-state index contributed by atoms with van der Waals surface area (Å²) in [6.45, 7) is 0.988. The Hall–Kier alpha value is -3.70. The lowest BCUT2D eigenvalue weighted by molar-refractivity contribution is 0.204. The molecule has 0 aliphatic rings. The Kier molecular flexibility index (Phi) is 6.47. The highest BCUT2D eigenvalue weighted by Crippen LogP contribution is 2.23. The molecular weight excluding hydrogens is 432 g/mol. The second-order valence-corrected chi connectivity index (χ2v) is 7.92. The number of nitrogen functional groups attached to an aromatic ring is 1. The van der Waals surface area contributed by atoms with Gasteiger partial charge in [0.25, 0.3) is 5.56 Å². The van der Waals surface area contributed by atoms with E-state index in [4.69, 9.17) is 15.0 Å². The smallest absolute Gasteiger partial charge is 0.330 e. The first-order valence-corrected chi connectivity index (χ1v) is 10.7. The van der Waals surface area contributed by atoms with Gasteiger partial charge in [0.1, 0.15) is 11.5 Å². The molecule has 4 rings (SSSR count). The molecule has 0 unspecified atom stereocenters. The number of thiophene rings is 1. The molecule has 3 aromatic heterocycles. The van der Waals surface area contributed by atoms with E-state index in [9.17, 15) is 9.59 Å². The molecule has 0 saturated carbocycles. The molecule has 3 heterocycles. The van der Waals surface area contributed by atoms with Gasteiger partial charge in [-0.1, -0.05) is 41.6 Å². The molecule has 1 aromatic carbocycles. The van der Waals surface area contributed by atoms with E-state index in [0.29, 0.717) is 24.9 Å². The Morgan fingerprint density at radius 1 is 1.22 bits per heavy atom. The van der Waals surface area contributed by atoms with Gasteiger partial charge in [0.05, 0.1) is 24.6 Å². The highest BCUT2D eigenvalue weighted by Gasteiger charge is 2.22. The Morgan fingerprint density at radius 2 is 2.03 bits per heavy atom. The van der Waals surface area contributed by atoms with E-state index in [1.54, 1.807) is 12.0 Å². The minimum absolute atomic E-state index is 0.0525. The number of nitrogens with two attached hydrogens (primary N) is 1. The molecule has 0 amide bonds. The number of hydrogen-bond acceptors (Lipinski definition) is 9. The van der Waals surface area contributed by atoms with Crippen LogP contribution in [-0.2, 0) is 17.8 Å². The van der Waals surface area contributed by atoms with Crippen molar-refractivity contribution in [3.05, 3.63) is 80.1 Å². The van der Waals surface area contributed by atoms with Gasteiger partial charge in [-0.05, 0) is 17.0 Å². The number of aromatic amines is 1. The molecule has 0 aliphatic heterocycles. The summed E-state index contributed by atoms with van der Waals surface area (Å²) in [4.78, 5) is 34.6. The number of H-pyrrole nitrogens is 1. The average Bonchev–Trinajstić information content (AvgIpc) is 3.47. The second-order valence-electron chi connectivity index (χ2n) is 6.97. The molecule has 10 nitrogen and oxygen atoms in total. The zero-order valence-corrected chi connectivity index (χ0v) is 18.2. The van der Waals surface area contributed by atoms with Crippen molar-refractivity contribution in [1.82, 2.24) is 19.7 Å². The van der Waals surface area contributed by atoms with E-state index in [2.05, 4.69) is 15.1 Å². The van der Waals surface area contributed by atoms with Gasteiger partial charge in [-0.2, -0.15) is 4.98 Å². The molecule has 0 saturated heterocycles. The van der Waals surface area contributed by atoms with Crippen LogP contribution in [0.5, 0.6) is 0 Å². The largest absolute Gasteiger partial charge is 0.383 e. The molecule has 166 valence electrons. The minimum atomic E-state index is -0.592. The summed E-state index contributed by atoms with van der Waals surface area (Å²) in [6.07, 6.45) is 0. The third-order valence-corrected chi connectivity index (χ3v) is 5.68. The van der Waals surface area contributed by atoms with Crippen LogP contribution in [0.4, 0.5) is 11.5 Å². The maximum Gasteiger partial charge on any atom is 0.330 e. The summed E-state index contributed by atoms with van der Waals surface area (Å²) in [6, 6.07) is 13.2. The van der Waals surface area contributed by atoms with Gasteiger partial charge in [0.2, 0.25) is 11.7 Å². The van der Waals surface area contributed by atoms with Crippen LogP contribution in [0, 0.1) is 0 Å². The van der Waals surface area contributed by atoms with Gasteiger partial charge >= 0.3 is 5.69 Å². The van der Waals surface area contributed by atoms with Gasteiger partial charge in [-0.25, -0.2) is 4.79 Å². The summed E-state index contributed by atoms with van der Waals surface area (Å²) in [5, 5.41) is 5.94. The zero-order chi connectivity index (χ0) is 22.5. The van der Waals surface area contributed by atoms with Crippen LogP contribution in [0.15, 0.2) is 62.0 Å². The lowest BCUT2D eigenvalue weighted by atomic mass is 10.2. The van der Waals surface area contributed by atoms with Gasteiger partial charge in [-0.15, -0.1) is 11.3 Å². The standard InChI is InChI=1S/C21H22N6O4S/c1-30-10-9-26(13-16-23-19(25-31-16)15-8-5-11-32-15)17-18(22)27(21(29)24-20(17)28)12-14-6-3-2-4-7-14/h2-8,11H,9-10,12-13,22H2,1H3,(H,24,28,29). The first-order valence-electron chi connectivity index (χ1n) is 9.83. The van der Waals surface area contributed by atoms with Gasteiger partial charge in [0.15, 0.2) is 0 Å². The Bertz CT molecular complexity index is 1280. The van der Waals surface area contributed by atoms with Crippen molar-refractivity contribution in [2.24, 2.45) is 0 Å². The van der Waals surface area contributed by atoms with E-state index in [1.165, 1.54) is 15.9 Å². The molecular formula is C21H22N6O4S. The molecule has 4 aromatic rings. The number of aromatic nitrogens is 4. The van der Waals surface area contributed by atoms with Crippen LogP contribution in [0.3, 0.4) is 0 Å². The summed E-state index contributed by atoms with van der Waals surface area (Å²) in [5.74, 6) is 0.832. The van der Waals surface area contributed by atoms with Gasteiger partial charge in [0, 0.05) is 13.7 Å². The number of rotatable bonds is 9. The van der Waals surface area contributed by atoms with Crippen molar-refractivity contribution in [1.29, 1.82) is 0 Å². The van der Waals surface area contributed by atoms with Crippen LogP contribution in [0.2, 0.25) is 0 Å². The highest BCUT2D eigenvalue weighted by molar-refractivity contribution is 7.13. The van der Waals surface area contributed by atoms with Crippen molar-refractivity contribution >= 4 is 22.8 Å². The molecule has 3 N–H and O–H groups in total. The number of methoxy groups -OCH3 is 1. The molecule has 0 fully saturated rings. The van der Waals surface area contributed by atoms with Crippen molar-refractivity contribution in [2.45, 2.75) is 13.1 Å². The van der Waals surface area contributed by atoms with Crippen molar-refractivity contribution in [2.75, 3.05) is 30.9 Å². The topological polar surface area (TPSA) is 132 Å². The summed E-state index contributed by atoms with van der Waals surface area (Å²) < 4.78 is 11.9. The van der Waals surface area contributed by atoms with Crippen LogP contribution in [-0.4, -0.2) is 40.0 Å². The first-order chi connectivity index (χ1) is 15.6. The summed E-state index contributed by atoms with van der Waals surface area (Å²) >= 11 is 1.50. The lowest BCUT2D eigenvalue weighted by Gasteiger charge is -2.24. The van der Waals surface area contributed by atoms with Crippen LogP contribution >= 0.6 is 11.3 Å². The zero-order valence-electron chi connectivity index (χ0n) is 17.4. The fourth-order valence-corrected chi connectivity index (χ4v) is 3.91. The maximum absolute atomic E-state index is 12.8. The van der Waals surface area contributed by atoms with Crippen molar-refractivity contribution in [3.8, 4) is 10.7 Å². The number of hydrogen-bond donors (Lipinski definition) is 2. The fourth-order valence-electron chi connectivity index (χ4n) is 3.27. The van der Waals surface area contributed by atoms with Crippen LogP contribution < -0.4 is 21.9 Å². The third kappa shape index (κ3) is 4.63. The molecule has 0 spiro atoms. The summed E-state index contributed by atoms with van der Waals surface area (Å²) in [5.41, 5.74) is 6.19. The highest BCUT2D eigenvalue weighted by atomic mass is 32.1. The number of benzene rings is 1. The SMILES string of the molecule is COCCN(Cc1nc(-c2cccs2)no1)c1c(N)n(Cc2ccccc2)c(=O)[nH]c1=O. The maximum atomic E-state index is 12.8. The van der Waals surface area contributed by atoms with E-state index in [-0.39, 0.29) is 24.6 Å². The molecule has 0 atom stereocenters. The number of nitrogens with one attached hydrogen (secondary N) is 1. The molecule has 0 bridgehead atoms. The Labute approximate surface area is 186 Å². The van der Waals surface area contributed by atoms with E-state index < -0.39 is 11.2 Å². The average molecular weight is 455 g/mol. The van der Waals surface area contributed by atoms with E-state index in [1.807, 2.05) is 47.8 Å². The third-order valence-electron chi connectivity index (χ3n) is 4.81. The van der Waals surface area contributed by atoms with Crippen LogP contribution in [0.25, 0.3) is 10.7 Å². The van der Waals surface area contributed by atoms with Crippen LogP contribution in [0.1, 0.15) is 11.5 Å². The first kappa shape index (κ1) is 21.5. The molecule has 11 heteroatoms. The molecule has 0 aliphatic carbocycles. The predicted octanol–water partition coefficient (Wildman–Crippen LogP) is 1.93. The fraction of sp³-hybridized carbons (Fsp3) is 0.238. The van der Waals surface area contributed by atoms with Gasteiger partial charge < -0.3 is 19.9 Å². The number of anilines is 2. The normalized spacial score (nSPS) is 11.0. The Balaban J connectivity index is 1.69. The number of nitrogens with zero attached hydrogens (tertiary/aromatic N) is 4. The minimum Gasteiger partial charge on any atom is -0.383 e. The molecule has 32 heavy (non-hydrogen) atoms. The van der Waals surface area contributed by atoms with Gasteiger partial charge in [-0.3, -0.25) is 14.3 Å². The van der Waals surface area contributed by atoms with Crippen molar-refractivity contribution in [3.63, 3.8) is 0 Å².